The Morgan fingerprint density at radius 1 is 1.04 bits per heavy atom. The molecule has 1 aromatic rings. The highest BCUT2D eigenvalue weighted by Crippen LogP contribution is 2.33. The molecule has 0 saturated heterocycles. The summed E-state index contributed by atoms with van der Waals surface area (Å²) >= 11 is 0. The summed E-state index contributed by atoms with van der Waals surface area (Å²) in [5.74, 6) is -2.65. The van der Waals surface area contributed by atoms with Crippen LogP contribution in [0, 0.1) is 11.8 Å². The minimum absolute atomic E-state index is 0.402. The van der Waals surface area contributed by atoms with Crippen LogP contribution in [0.5, 0.6) is 11.5 Å². The van der Waals surface area contributed by atoms with Gasteiger partial charge in [-0.25, -0.2) is 4.79 Å². The molecule has 1 saturated carbocycles. The number of hydrogen-bond acceptors (Lipinski definition) is 6. The van der Waals surface area contributed by atoms with Crippen LogP contribution < -0.4 is 14.8 Å². The van der Waals surface area contributed by atoms with Crippen LogP contribution in [0.1, 0.15) is 37.3 Å². The summed E-state index contributed by atoms with van der Waals surface area (Å²) in [6, 6.07) is 3.75. The number of carbonyl (C=O) groups excluding carboxylic acids is 2. The van der Waals surface area contributed by atoms with E-state index >= 15 is 0 Å². The van der Waals surface area contributed by atoms with Gasteiger partial charge in [0.25, 0.3) is 0 Å². The summed E-state index contributed by atoms with van der Waals surface area (Å²) in [7, 11) is 4.18. The Labute approximate surface area is 157 Å². The lowest BCUT2D eigenvalue weighted by molar-refractivity contribution is -0.150. The summed E-state index contributed by atoms with van der Waals surface area (Å²) in [5, 5.41) is 12.0. The van der Waals surface area contributed by atoms with Crippen molar-refractivity contribution in [1.82, 2.24) is 5.32 Å². The van der Waals surface area contributed by atoms with Crippen molar-refractivity contribution in [2.45, 2.75) is 31.7 Å². The van der Waals surface area contributed by atoms with Crippen molar-refractivity contribution in [1.29, 1.82) is 0 Å². The first-order chi connectivity index (χ1) is 12.9. The molecule has 0 bridgehead atoms. The molecule has 3 unspecified atom stereocenters. The number of hydrogen-bond donors (Lipinski definition) is 2. The number of nitrogens with one attached hydrogen (secondary N) is 1. The topological polar surface area (TPSA) is 111 Å². The van der Waals surface area contributed by atoms with E-state index in [-0.39, 0.29) is 0 Å². The van der Waals surface area contributed by atoms with E-state index in [9.17, 15) is 19.5 Å². The number of benzene rings is 1. The fourth-order valence-electron chi connectivity index (χ4n) is 3.42. The van der Waals surface area contributed by atoms with Crippen molar-refractivity contribution in [3.05, 3.63) is 23.8 Å². The van der Waals surface area contributed by atoms with Gasteiger partial charge < -0.3 is 24.6 Å². The highest BCUT2D eigenvalue weighted by molar-refractivity contribution is 5.89. The summed E-state index contributed by atoms with van der Waals surface area (Å²) in [4.78, 5) is 36.5. The Morgan fingerprint density at radius 3 is 2.22 bits per heavy atom. The van der Waals surface area contributed by atoms with Crippen molar-refractivity contribution in [2.24, 2.45) is 11.8 Å². The zero-order valence-corrected chi connectivity index (χ0v) is 15.7. The van der Waals surface area contributed by atoms with E-state index in [0.717, 1.165) is 12.8 Å². The number of aliphatic carboxylic acids is 1. The smallest absolute Gasteiger partial charge is 0.333 e. The average Bonchev–Trinajstić information content (AvgIpc) is 2.70. The highest BCUT2D eigenvalue weighted by Gasteiger charge is 2.37. The molecule has 3 atom stereocenters. The van der Waals surface area contributed by atoms with Crippen molar-refractivity contribution in [2.75, 3.05) is 21.3 Å². The lowest BCUT2D eigenvalue weighted by Crippen LogP contribution is -2.43. The lowest BCUT2D eigenvalue weighted by atomic mass is 9.78. The maximum Gasteiger partial charge on any atom is 0.333 e. The molecule has 2 rings (SSSR count). The summed E-state index contributed by atoms with van der Waals surface area (Å²) < 4.78 is 15.2. The van der Waals surface area contributed by atoms with E-state index in [1.54, 1.807) is 18.2 Å². The van der Waals surface area contributed by atoms with Crippen molar-refractivity contribution in [3.8, 4) is 11.5 Å². The van der Waals surface area contributed by atoms with Crippen LogP contribution in [0.2, 0.25) is 0 Å². The molecule has 0 radical (unpaired) electrons. The van der Waals surface area contributed by atoms with E-state index < -0.39 is 35.7 Å². The van der Waals surface area contributed by atoms with Gasteiger partial charge in [0.2, 0.25) is 5.91 Å². The van der Waals surface area contributed by atoms with E-state index in [1.807, 2.05) is 0 Å². The first-order valence-electron chi connectivity index (χ1n) is 8.75. The molecular weight excluding hydrogens is 354 g/mol. The molecule has 0 spiro atoms. The standard InChI is InChI=1S/C19H25NO7/c1-25-14-9-8-11(10-15(14)26-2)16(19(24)27-3)20-17(21)12-6-4-5-7-13(12)18(22)23/h8-10,12-13,16H,4-7H2,1-3H3,(H,20,21)(H,22,23). The Bertz CT molecular complexity index is 703. The van der Waals surface area contributed by atoms with Crippen molar-refractivity contribution >= 4 is 17.8 Å². The quantitative estimate of drug-likeness (QED) is 0.696. The normalized spacial score (nSPS) is 20.3. The maximum atomic E-state index is 12.8. The third kappa shape index (κ3) is 4.69. The first kappa shape index (κ1) is 20.5. The van der Waals surface area contributed by atoms with E-state index in [0.29, 0.717) is 29.9 Å². The molecule has 8 nitrogen and oxygen atoms in total. The number of ether oxygens (including phenoxy) is 3. The lowest BCUT2D eigenvalue weighted by Gasteiger charge is -2.29. The third-order valence-corrected chi connectivity index (χ3v) is 4.88. The monoisotopic (exact) mass is 379 g/mol. The summed E-state index contributed by atoms with van der Waals surface area (Å²) in [6.07, 6.45) is 2.48. The molecule has 27 heavy (non-hydrogen) atoms. The molecule has 1 aliphatic rings. The van der Waals surface area contributed by atoms with Gasteiger partial charge in [0.15, 0.2) is 17.5 Å². The van der Waals surface area contributed by atoms with Gasteiger partial charge in [-0.2, -0.15) is 0 Å². The molecule has 0 heterocycles. The summed E-state index contributed by atoms with van der Waals surface area (Å²) in [6.45, 7) is 0. The Hall–Kier alpha value is -2.77. The average molecular weight is 379 g/mol. The first-order valence-corrected chi connectivity index (χ1v) is 8.75. The number of carboxylic acid groups (broad SMARTS) is 1. The van der Waals surface area contributed by atoms with Gasteiger partial charge in [-0.05, 0) is 30.5 Å². The molecule has 8 heteroatoms. The van der Waals surface area contributed by atoms with Crippen LogP contribution in [0.15, 0.2) is 18.2 Å². The predicted molar refractivity (Wildman–Crippen MR) is 95.5 cm³/mol. The van der Waals surface area contributed by atoms with Gasteiger partial charge in [-0.3, -0.25) is 9.59 Å². The molecule has 1 fully saturated rings. The van der Waals surface area contributed by atoms with Gasteiger partial charge in [0, 0.05) is 0 Å². The minimum Gasteiger partial charge on any atom is -0.493 e. The second-order valence-corrected chi connectivity index (χ2v) is 6.41. The van der Waals surface area contributed by atoms with Gasteiger partial charge in [0.05, 0.1) is 33.2 Å². The fourth-order valence-corrected chi connectivity index (χ4v) is 3.42. The summed E-state index contributed by atoms with van der Waals surface area (Å²) in [5.41, 5.74) is 0.454. The van der Waals surface area contributed by atoms with Crippen molar-refractivity contribution < 1.29 is 33.7 Å². The molecule has 1 amide bonds. The van der Waals surface area contributed by atoms with E-state index in [4.69, 9.17) is 14.2 Å². The second-order valence-electron chi connectivity index (χ2n) is 6.41. The number of carbonyl (C=O) groups is 3. The molecule has 0 aliphatic heterocycles. The predicted octanol–water partition coefficient (Wildman–Crippen LogP) is 1.93. The van der Waals surface area contributed by atoms with Gasteiger partial charge in [-0.15, -0.1) is 0 Å². The van der Waals surface area contributed by atoms with Crippen LogP contribution in [-0.2, 0) is 19.1 Å². The van der Waals surface area contributed by atoms with Crippen molar-refractivity contribution in [3.63, 3.8) is 0 Å². The number of amides is 1. The second kappa shape index (κ2) is 9.25. The number of esters is 1. The molecule has 148 valence electrons. The zero-order valence-electron chi connectivity index (χ0n) is 15.7. The fraction of sp³-hybridized carbons (Fsp3) is 0.526. The maximum absolute atomic E-state index is 12.8. The third-order valence-electron chi connectivity index (χ3n) is 4.88. The minimum atomic E-state index is -1.07. The Kier molecular flexibility index (Phi) is 7.04. The van der Waals surface area contributed by atoms with Crippen LogP contribution in [0.3, 0.4) is 0 Å². The molecule has 1 aromatic carbocycles. The van der Waals surface area contributed by atoms with E-state index in [2.05, 4.69) is 5.32 Å². The molecule has 0 aromatic heterocycles. The molecule has 2 N–H and O–H groups in total. The van der Waals surface area contributed by atoms with Crippen LogP contribution in [0.4, 0.5) is 0 Å². The zero-order chi connectivity index (χ0) is 20.0. The Morgan fingerprint density at radius 2 is 1.67 bits per heavy atom. The van der Waals surface area contributed by atoms with Gasteiger partial charge in [0.1, 0.15) is 0 Å². The number of carboxylic acids is 1. The van der Waals surface area contributed by atoms with Gasteiger partial charge in [-0.1, -0.05) is 18.9 Å². The molecule has 1 aliphatic carbocycles. The number of rotatable bonds is 7. The SMILES string of the molecule is COC(=O)C(NC(=O)C1CCCCC1C(=O)O)c1ccc(OC)c(OC)c1. The highest BCUT2D eigenvalue weighted by atomic mass is 16.5. The van der Waals surface area contributed by atoms with E-state index in [1.165, 1.54) is 21.3 Å². The Balaban J connectivity index is 2.28. The van der Waals surface area contributed by atoms with Crippen LogP contribution in [-0.4, -0.2) is 44.3 Å². The largest absolute Gasteiger partial charge is 0.493 e. The van der Waals surface area contributed by atoms with Crippen LogP contribution in [0.25, 0.3) is 0 Å². The number of methoxy groups -OCH3 is 3. The molecular formula is C19H25NO7. The van der Waals surface area contributed by atoms with Crippen LogP contribution >= 0.6 is 0 Å². The van der Waals surface area contributed by atoms with Gasteiger partial charge >= 0.3 is 11.9 Å².